The van der Waals surface area contributed by atoms with Crippen LogP contribution in [0.2, 0.25) is 14.8 Å². The molecule has 2 aliphatic carbocycles. The zero-order valence-corrected chi connectivity index (χ0v) is 21.5. The van der Waals surface area contributed by atoms with Gasteiger partial charge in [-0.25, -0.2) is 0 Å². The summed E-state index contributed by atoms with van der Waals surface area (Å²) in [6, 6.07) is 12.2. The number of halogens is 2. The molecule has 3 nitrogen and oxygen atoms in total. The number of rotatable bonds is 3. The molecule has 2 aliphatic rings. The van der Waals surface area contributed by atoms with Gasteiger partial charge in [0.25, 0.3) is 0 Å². The predicted molar refractivity (Wildman–Crippen MR) is 121 cm³/mol. The Morgan fingerprint density at radius 1 is 0.968 bits per heavy atom. The van der Waals surface area contributed by atoms with E-state index < -0.39 is 30.0 Å². The molecule has 6 heteroatoms. The van der Waals surface area contributed by atoms with Crippen LogP contribution >= 0.6 is 0 Å². The van der Waals surface area contributed by atoms with E-state index in [9.17, 15) is 8.78 Å². The predicted octanol–water partition coefficient (Wildman–Crippen LogP) is 5.57. The van der Waals surface area contributed by atoms with Crippen LogP contribution in [0.5, 0.6) is 0 Å². The van der Waals surface area contributed by atoms with Crippen molar-refractivity contribution in [2.75, 3.05) is 0 Å². The van der Waals surface area contributed by atoms with Crippen molar-refractivity contribution in [3.05, 3.63) is 71.1 Å². The van der Waals surface area contributed by atoms with Crippen molar-refractivity contribution in [1.82, 2.24) is 15.2 Å². The van der Waals surface area contributed by atoms with Crippen molar-refractivity contribution >= 4 is 22.1 Å². The molecule has 160 valence electrons. The Kier molecular flexibility index (Phi) is 4.60. The number of hydrogen-bond acceptors (Lipinski definition) is 3. The average molecular weight is 526 g/mol. The van der Waals surface area contributed by atoms with Gasteiger partial charge in [0.15, 0.2) is 0 Å². The summed E-state index contributed by atoms with van der Waals surface area (Å²) in [7, 11) is 0. The molecule has 0 spiro atoms. The van der Waals surface area contributed by atoms with Gasteiger partial charge >= 0.3 is 187 Å². The molecule has 2 aromatic heterocycles. The molecule has 0 N–H and O–H groups in total. The molecule has 1 aromatic carbocycles. The minimum atomic E-state index is -2.36. The Labute approximate surface area is 186 Å². The first kappa shape index (κ1) is 21.0. The van der Waals surface area contributed by atoms with Crippen LogP contribution in [0.25, 0.3) is 11.3 Å². The molecule has 1 fully saturated rings. The summed E-state index contributed by atoms with van der Waals surface area (Å²) in [4.78, 5) is 12.3. The van der Waals surface area contributed by atoms with Gasteiger partial charge in [-0.15, -0.1) is 0 Å². The SMILES string of the molecule is CC1(C)[C@H]2CC[C@@]1(c1ccc[c]([Sn]([CH3])([CH3])[CH3])n1)c1nnc(-c3c(F)cccc3F)cc12. The molecule has 2 heterocycles. The van der Waals surface area contributed by atoms with E-state index >= 15 is 0 Å². The summed E-state index contributed by atoms with van der Waals surface area (Å²) in [5, 5.41) is 8.95. The summed E-state index contributed by atoms with van der Waals surface area (Å²) in [6.45, 7) is 4.56. The van der Waals surface area contributed by atoms with Gasteiger partial charge in [0.05, 0.1) is 0 Å². The van der Waals surface area contributed by atoms with E-state index in [4.69, 9.17) is 4.98 Å². The Morgan fingerprint density at radius 3 is 2.32 bits per heavy atom. The first-order valence-corrected chi connectivity index (χ1v) is 20.9. The molecule has 0 amide bonds. The fraction of sp³-hybridized carbons (Fsp3) is 0.400. The summed E-state index contributed by atoms with van der Waals surface area (Å²) in [6.07, 6.45) is 1.98. The van der Waals surface area contributed by atoms with Gasteiger partial charge < -0.3 is 0 Å². The van der Waals surface area contributed by atoms with Crippen LogP contribution < -0.4 is 3.71 Å². The number of pyridine rings is 1. The number of benzene rings is 1. The summed E-state index contributed by atoms with van der Waals surface area (Å²) < 4.78 is 30.1. The number of fused-ring (bicyclic) bond motifs is 5. The van der Waals surface area contributed by atoms with Crippen LogP contribution in [0.3, 0.4) is 0 Å². The number of hydrogen-bond donors (Lipinski definition) is 0. The first-order chi connectivity index (χ1) is 14.6. The van der Waals surface area contributed by atoms with Crippen molar-refractivity contribution in [1.29, 1.82) is 0 Å². The van der Waals surface area contributed by atoms with Gasteiger partial charge in [0, 0.05) is 0 Å². The first-order valence-electron chi connectivity index (χ1n) is 10.9. The number of aromatic nitrogens is 3. The van der Waals surface area contributed by atoms with Crippen LogP contribution in [-0.2, 0) is 5.41 Å². The molecule has 3 aromatic rings. The summed E-state index contributed by atoms with van der Waals surface area (Å²) in [5.41, 5.74) is 2.81. The molecule has 2 atom stereocenters. The van der Waals surface area contributed by atoms with Crippen molar-refractivity contribution < 1.29 is 8.78 Å². The van der Waals surface area contributed by atoms with Crippen molar-refractivity contribution in [2.24, 2.45) is 5.41 Å². The zero-order chi connectivity index (χ0) is 22.2. The Balaban J connectivity index is 1.71. The zero-order valence-electron chi connectivity index (χ0n) is 18.6. The standard InChI is InChI=1S/C22H18F2N3.3CH3.Sn/c1-21(2)14-9-10-22(21,18-8-3-4-11-25-18)20-13(14)12-17(26-27-20)19-15(23)6-5-7-16(19)24;;;;/h3-8,12,14H,9-10H2,1-2H3;3*1H3;/t14-,22+;;;;/m0..../s1. The van der Waals surface area contributed by atoms with Crippen molar-refractivity contribution in [3.63, 3.8) is 0 Å². The van der Waals surface area contributed by atoms with Crippen molar-refractivity contribution in [2.45, 2.75) is 52.8 Å². The van der Waals surface area contributed by atoms with Crippen LogP contribution in [0.1, 0.15) is 49.6 Å². The third-order valence-corrected chi connectivity index (χ3v) is 12.7. The molecule has 0 unspecified atom stereocenters. The molecule has 0 radical (unpaired) electrons. The van der Waals surface area contributed by atoms with E-state index in [1.54, 1.807) is 0 Å². The molecule has 5 rings (SSSR count). The van der Waals surface area contributed by atoms with Gasteiger partial charge in [0.2, 0.25) is 0 Å². The third-order valence-electron chi connectivity index (χ3n) is 7.56. The Hall–Kier alpha value is -1.89. The quantitative estimate of drug-likeness (QED) is 0.420. The summed E-state index contributed by atoms with van der Waals surface area (Å²) >= 11 is -2.36. The summed E-state index contributed by atoms with van der Waals surface area (Å²) in [5.74, 6) is -0.966. The second-order valence-electron chi connectivity index (χ2n) is 10.5. The number of nitrogens with zero attached hydrogens (tertiary/aromatic N) is 3. The van der Waals surface area contributed by atoms with E-state index in [2.05, 4.69) is 57.1 Å². The normalized spacial score (nSPS) is 23.8. The molecule has 2 bridgehead atoms. The van der Waals surface area contributed by atoms with E-state index in [0.29, 0.717) is 0 Å². The maximum atomic E-state index is 14.4. The Morgan fingerprint density at radius 2 is 1.65 bits per heavy atom. The van der Waals surface area contributed by atoms with E-state index in [0.717, 1.165) is 29.8 Å². The van der Waals surface area contributed by atoms with E-state index in [1.807, 2.05) is 6.07 Å². The van der Waals surface area contributed by atoms with Crippen LogP contribution in [0.4, 0.5) is 8.78 Å². The van der Waals surface area contributed by atoms with Crippen LogP contribution in [0, 0.1) is 17.0 Å². The molecular formula is C25H27F2N3Sn. The molecule has 0 saturated heterocycles. The topological polar surface area (TPSA) is 38.7 Å². The van der Waals surface area contributed by atoms with E-state index in [-0.39, 0.29) is 28.0 Å². The fourth-order valence-electron chi connectivity index (χ4n) is 5.85. The van der Waals surface area contributed by atoms with Gasteiger partial charge in [-0.05, 0) is 0 Å². The Bertz CT molecular complexity index is 1180. The van der Waals surface area contributed by atoms with Gasteiger partial charge in [-0.1, -0.05) is 0 Å². The second-order valence-corrected chi connectivity index (χ2v) is 24.8. The fourth-order valence-corrected chi connectivity index (χ4v) is 8.85. The molecule has 1 saturated carbocycles. The van der Waals surface area contributed by atoms with Crippen LogP contribution in [0.15, 0.2) is 42.5 Å². The van der Waals surface area contributed by atoms with Crippen molar-refractivity contribution in [3.8, 4) is 11.3 Å². The third kappa shape index (κ3) is 2.84. The van der Waals surface area contributed by atoms with Gasteiger partial charge in [-0.3, -0.25) is 0 Å². The second kappa shape index (κ2) is 6.80. The average Bonchev–Trinajstić information content (AvgIpc) is 3.09. The molecular weight excluding hydrogens is 499 g/mol. The van der Waals surface area contributed by atoms with E-state index in [1.165, 1.54) is 21.9 Å². The minimum absolute atomic E-state index is 0.102. The molecule has 31 heavy (non-hydrogen) atoms. The monoisotopic (exact) mass is 527 g/mol. The van der Waals surface area contributed by atoms with Gasteiger partial charge in [-0.2, -0.15) is 0 Å². The van der Waals surface area contributed by atoms with Gasteiger partial charge in [0.1, 0.15) is 0 Å². The maximum absolute atomic E-state index is 14.4. The molecule has 0 aliphatic heterocycles. The van der Waals surface area contributed by atoms with Crippen LogP contribution in [-0.4, -0.2) is 33.6 Å².